The summed E-state index contributed by atoms with van der Waals surface area (Å²) in [5.41, 5.74) is 0.797. The van der Waals surface area contributed by atoms with Gasteiger partial charge in [0.25, 0.3) is 0 Å². The monoisotopic (exact) mass is 280 g/mol. The standard InChI is InChI=1S/C12H17FN2.2ClH/c1-10-8-14-6-7-15(10)9-11-4-2-3-5-12(11)13;;/h2-5,10,14H,6-9H2,1H3;2*1H/t10-;;/m0../s1. The zero-order valence-corrected chi connectivity index (χ0v) is 11.5. The molecule has 2 nitrogen and oxygen atoms in total. The number of nitrogens with zero attached hydrogens (tertiary/aromatic N) is 1. The van der Waals surface area contributed by atoms with E-state index in [4.69, 9.17) is 0 Å². The molecule has 2 rings (SSSR count). The maximum atomic E-state index is 13.4. The van der Waals surface area contributed by atoms with Crippen LogP contribution in [0.5, 0.6) is 0 Å². The van der Waals surface area contributed by atoms with Crippen molar-refractivity contribution in [2.75, 3.05) is 19.6 Å². The van der Waals surface area contributed by atoms with Gasteiger partial charge in [-0.25, -0.2) is 4.39 Å². The van der Waals surface area contributed by atoms with Crippen molar-refractivity contribution in [1.29, 1.82) is 0 Å². The number of hydrogen-bond acceptors (Lipinski definition) is 2. The summed E-state index contributed by atoms with van der Waals surface area (Å²) in [5, 5.41) is 3.33. The molecule has 0 bridgehead atoms. The lowest BCUT2D eigenvalue weighted by Crippen LogP contribution is -2.49. The van der Waals surface area contributed by atoms with Gasteiger partial charge in [0.2, 0.25) is 0 Å². The number of benzene rings is 1. The highest BCUT2D eigenvalue weighted by Gasteiger charge is 2.18. The topological polar surface area (TPSA) is 15.3 Å². The first-order valence-corrected chi connectivity index (χ1v) is 5.45. The number of nitrogens with one attached hydrogen (secondary N) is 1. The fourth-order valence-electron chi connectivity index (χ4n) is 1.96. The second-order valence-electron chi connectivity index (χ2n) is 4.12. The van der Waals surface area contributed by atoms with Crippen molar-refractivity contribution in [3.8, 4) is 0 Å². The van der Waals surface area contributed by atoms with E-state index in [1.165, 1.54) is 6.07 Å². The normalized spacial score (nSPS) is 20.2. The molecule has 1 aromatic carbocycles. The van der Waals surface area contributed by atoms with Gasteiger partial charge in [-0.15, -0.1) is 24.8 Å². The number of rotatable bonds is 2. The predicted octanol–water partition coefficient (Wildman–Crippen LogP) is 2.46. The molecule has 1 fully saturated rings. The van der Waals surface area contributed by atoms with Crippen LogP contribution in [0, 0.1) is 5.82 Å². The molecule has 1 heterocycles. The van der Waals surface area contributed by atoms with E-state index < -0.39 is 0 Å². The van der Waals surface area contributed by atoms with E-state index in [0.717, 1.165) is 31.7 Å². The van der Waals surface area contributed by atoms with Crippen LogP contribution in [0.15, 0.2) is 24.3 Å². The van der Waals surface area contributed by atoms with Crippen LogP contribution in [0.2, 0.25) is 0 Å². The Hall–Kier alpha value is -0.350. The van der Waals surface area contributed by atoms with Crippen molar-refractivity contribution >= 4 is 24.8 Å². The SMILES string of the molecule is C[C@H]1CNCCN1Cc1ccccc1F.Cl.Cl. The highest BCUT2D eigenvalue weighted by Crippen LogP contribution is 2.12. The Kier molecular flexibility index (Phi) is 7.71. The third kappa shape index (κ3) is 4.43. The van der Waals surface area contributed by atoms with Crippen molar-refractivity contribution in [2.45, 2.75) is 19.5 Å². The van der Waals surface area contributed by atoms with Crippen molar-refractivity contribution in [3.63, 3.8) is 0 Å². The van der Waals surface area contributed by atoms with Gasteiger partial charge in [0.15, 0.2) is 0 Å². The predicted molar refractivity (Wildman–Crippen MR) is 73.6 cm³/mol. The first-order valence-electron chi connectivity index (χ1n) is 5.45. The van der Waals surface area contributed by atoms with Gasteiger partial charge in [-0.2, -0.15) is 0 Å². The van der Waals surface area contributed by atoms with Crippen LogP contribution in [-0.4, -0.2) is 30.6 Å². The molecule has 17 heavy (non-hydrogen) atoms. The van der Waals surface area contributed by atoms with E-state index in [-0.39, 0.29) is 30.6 Å². The maximum absolute atomic E-state index is 13.4. The molecule has 5 heteroatoms. The van der Waals surface area contributed by atoms with Crippen LogP contribution in [0.1, 0.15) is 12.5 Å². The van der Waals surface area contributed by atoms with E-state index in [2.05, 4.69) is 17.1 Å². The Balaban J connectivity index is 0.00000128. The van der Waals surface area contributed by atoms with E-state index in [9.17, 15) is 4.39 Å². The number of piperazine rings is 1. The van der Waals surface area contributed by atoms with Crippen LogP contribution in [0.25, 0.3) is 0 Å². The lowest BCUT2D eigenvalue weighted by molar-refractivity contribution is 0.164. The minimum atomic E-state index is -0.0942. The molecule has 1 aliphatic heterocycles. The molecular formula is C12H19Cl2FN2. The molecule has 1 N–H and O–H groups in total. The molecule has 0 unspecified atom stereocenters. The highest BCUT2D eigenvalue weighted by molar-refractivity contribution is 5.85. The van der Waals surface area contributed by atoms with E-state index in [1.54, 1.807) is 6.07 Å². The molecule has 0 spiro atoms. The van der Waals surface area contributed by atoms with Crippen molar-refractivity contribution in [3.05, 3.63) is 35.6 Å². The first kappa shape index (κ1) is 16.6. The van der Waals surface area contributed by atoms with Gasteiger partial charge in [0, 0.05) is 37.8 Å². The summed E-state index contributed by atoms with van der Waals surface area (Å²) in [6, 6.07) is 7.51. The van der Waals surface area contributed by atoms with Gasteiger partial charge in [-0.1, -0.05) is 18.2 Å². The summed E-state index contributed by atoms with van der Waals surface area (Å²) in [6.45, 7) is 5.88. The van der Waals surface area contributed by atoms with Gasteiger partial charge < -0.3 is 5.32 Å². The fraction of sp³-hybridized carbons (Fsp3) is 0.500. The molecule has 0 aromatic heterocycles. The third-order valence-corrected chi connectivity index (χ3v) is 2.97. The summed E-state index contributed by atoms with van der Waals surface area (Å²) < 4.78 is 13.4. The maximum Gasteiger partial charge on any atom is 0.127 e. The summed E-state index contributed by atoms with van der Waals surface area (Å²) in [4.78, 5) is 2.31. The molecular weight excluding hydrogens is 262 g/mol. The third-order valence-electron chi connectivity index (χ3n) is 2.97. The quantitative estimate of drug-likeness (QED) is 0.896. The second-order valence-corrected chi connectivity index (χ2v) is 4.12. The summed E-state index contributed by atoms with van der Waals surface area (Å²) in [6.07, 6.45) is 0. The molecule has 0 saturated carbocycles. The van der Waals surface area contributed by atoms with E-state index >= 15 is 0 Å². The van der Waals surface area contributed by atoms with Crippen LogP contribution in [-0.2, 0) is 6.54 Å². The van der Waals surface area contributed by atoms with Gasteiger partial charge >= 0.3 is 0 Å². The molecule has 1 saturated heterocycles. The van der Waals surface area contributed by atoms with Gasteiger partial charge in [0.1, 0.15) is 5.82 Å². The largest absolute Gasteiger partial charge is 0.314 e. The summed E-state index contributed by atoms with van der Waals surface area (Å²) in [5.74, 6) is -0.0942. The smallest absolute Gasteiger partial charge is 0.127 e. The average molecular weight is 281 g/mol. The van der Waals surface area contributed by atoms with Crippen molar-refractivity contribution in [2.24, 2.45) is 0 Å². The van der Waals surface area contributed by atoms with Crippen LogP contribution >= 0.6 is 24.8 Å². The van der Waals surface area contributed by atoms with Crippen LogP contribution < -0.4 is 5.32 Å². The Bertz CT molecular complexity index is 336. The second kappa shape index (κ2) is 7.88. The van der Waals surface area contributed by atoms with Crippen LogP contribution in [0.3, 0.4) is 0 Å². The molecule has 1 aromatic rings. The number of halogens is 3. The van der Waals surface area contributed by atoms with E-state index in [1.807, 2.05) is 12.1 Å². The van der Waals surface area contributed by atoms with Gasteiger partial charge in [-0.3, -0.25) is 4.90 Å². The Morgan fingerprint density at radius 1 is 1.35 bits per heavy atom. The number of hydrogen-bond donors (Lipinski definition) is 1. The van der Waals surface area contributed by atoms with Crippen LogP contribution in [0.4, 0.5) is 4.39 Å². The Morgan fingerprint density at radius 2 is 2.06 bits per heavy atom. The van der Waals surface area contributed by atoms with Gasteiger partial charge in [-0.05, 0) is 13.0 Å². The lowest BCUT2D eigenvalue weighted by Gasteiger charge is -2.33. The molecule has 0 amide bonds. The Labute approximate surface area is 114 Å². The zero-order chi connectivity index (χ0) is 10.7. The molecule has 1 aliphatic rings. The summed E-state index contributed by atoms with van der Waals surface area (Å²) in [7, 11) is 0. The fourth-order valence-corrected chi connectivity index (χ4v) is 1.96. The molecule has 0 aliphatic carbocycles. The Morgan fingerprint density at radius 3 is 2.71 bits per heavy atom. The minimum Gasteiger partial charge on any atom is -0.314 e. The highest BCUT2D eigenvalue weighted by atomic mass is 35.5. The van der Waals surface area contributed by atoms with E-state index in [0.29, 0.717) is 6.04 Å². The summed E-state index contributed by atoms with van der Waals surface area (Å²) >= 11 is 0. The van der Waals surface area contributed by atoms with Gasteiger partial charge in [0.05, 0.1) is 0 Å². The average Bonchev–Trinajstić information content (AvgIpc) is 2.24. The first-order chi connectivity index (χ1) is 7.27. The zero-order valence-electron chi connectivity index (χ0n) is 9.86. The molecule has 98 valence electrons. The lowest BCUT2D eigenvalue weighted by atomic mass is 10.1. The van der Waals surface area contributed by atoms with Crippen molar-refractivity contribution in [1.82, 2.24) is 10.2 Å². The molecule has 1 atom stereocenters. The molecule has 0 radical (unpaired) electrons. The minimum absolute atomic E-state index is 0. The van der Waals surface area contributed by atoms with Crippen molar-refractivity contribution < 1.29 is 4.39 Å².